The van der Waals surface area contributed by atoms with Crippen molar-refractivity contribution in [3.8, 4) is 0 Å². The molecule has 0 aliphatic rings. The first-order valence-electron chi connectivity index (χ1n) is 10.2. The number of carbonyl (C=O) groups is 1. The van der Waals surface area contributed by atoms with Gasteiger partial charge >= 0.3 is 0 Å². The average Bonchev–Trinajstić information content (AvgIpc) is 3.09. The van der Waals surface area contributed by atoms with E-state index in [4.69, 9.17) is 0 Å². The molecule has 0 fully saturated rings. The molecule has 0 aliphatic carbocycles. The van der Waals surface area contributed by atoms with Crippen LogP contribution in [0.2, 0.25) is 0 Å². The van der Waals surface area contributed by atoms with Crippen molar-refractivity contribution in [2.24, 2.45) is 0 Å². The molecular formula is C23H26BrNO5S2. The Balaban J connectivity index is 2.57. The second-order valence-corrected chi connectivity index (χ2v) is 13.9. The molecule has 1 aromatic carbocycles. The van der Waals surface area contributed by atoms with E-state index in [1.807, 2.05) is 20.8 Å². The zero-order valence-corrected chi connectivity index (χ0v) is 21.9. The molecule has 2 aromatic heterocycles. The minimum Gasteiger partial charge on any atom is -0.311 e. The molecule has 0 unspecified atom stereocenters. The predicted octanol–water partition coefficient (Wildman–Crippen LogP) is 4.82. The van der Waals surface area contributed by atoms with Crippen LogP contribution in [0.25, 0.3) is 5.52 Å². The van der Waals surface area contributed by atoms with Crippen molar-refractivity contribution in [2.75, 3.05) is 11.5 Å². The zero-order chi connectivity index (χ0) is 24.1. The van der Waals surface area contributed by atoms with Crippen LogP contribution in [0.5, 0.6) is 0 Å². The van der Waals surface area contributed by atoms with Gasteiger partial charge in [-0.2, -0.15) is 0 Å². The van der Waals surface area contributed by atoms with Gasteiger partial charge in [-0.1, -0.05) is 50.5 Å². The standard InChI is InChI=1S/C23H26BrNO5S2/c1-6-31(27,28)21-18-14-16(23(3,4)5)12-13-25(18)19(22(21)32(29,30)7-2)20(26)15-8-10-17(24)11-9-15/h8-14H,6-7H2,1-5H3. The van der Waals surface area contributed by atoms with Gasteiger partial charge in [0.2, 0.25) is 5.78 Å². The maximum absolute atomic E-state index is 13.6. The first kappa shape index (κ1) is 24.7. The average molecular weight is 541 g/mol. The normalized spacial score (nSPS) is 12.9. The van der Waals surface area contributed by atoms with Gasteiger partial charge in [-0.25, -0.2) is 16.8 Å². The van der Waals surface area contributed by atoms with E-state index in [0.29, 0.717) is 0 Å². The van der Waals surface area contributed by atoms with Crippen molar-refractivity contribution in [3.05, 3.63) is 63.9 Å². The van der Waals surface area contributed by atoms with Crippen LogP contribution in [0, 0.1) is 0 Å². The molecule has 0 saturated carbocycles. The third-order valence-electron chi connectivity index (χ3n) is 5.42. The van der Waals surface area contributed by atoms with E-state index in [-0.39, 0.29) is 38.6 Å². The number of rotatable bonds is 6. The van der Waals surface area contributed by atoms with Crippen molar-refractivity contribution in [1.29, 1.82) is 0 Å². The number of benzene rings is 1. The fourth-order valence-corrected chi connectivity index (χ4v) is 6.83. The van der Waals surface area contributed by atoms with Crippen LogP contribution in [-0.4, -0.2) is 38.5 Å². The van der Waals surface area contributed by atoms with Gasteiger partial charge in [0.25, 0.3) is 0 Å². The third-order valence-corrected chi connectivity index (χ3v) is 9.65. The number of nitrogens with zero attached hydrogens (tertiary/aromatic N) is 1. The van der Waals surface area contributed by atoms with Gasteiger partial charge in [0.1, 0.15) is 15.5 Å². The number of fused-ring (bicyclic) bond motifs is 1. The number of halogens is 1. The van der Waals surface area contributed by atoms with Crippen LogP contribution in [-0.2, 0) is 25.1 Å². The molecule has 0 N–H and O–H groups in total. The third kappa shape index (κ3) is 4.30. The number of pyridine rings is 1. The van der Waals surface area contributed by atoms with E-state index >= 15 is 0 Å². The summed E-state index contributed by atoms with van der Waals surface area (Å²) in [6, 6.07) is 9.97. The first-order chi connectivity index (χ1) is 14.7. The summed E-state index contributed by atoms with van der Waals surface area (Å²) in [7, 11) is -8.03. The number of aromatic nitrogens is 1. The summed E-state index contributed by atoms with van der Waals surface area (Å²) in [5, 5.41) is 0. The maximum Gasteiger partial charge on any atom is 0.211 e. The van der Waals surface area contributed by atoms with Gasteiger partial charge in [-0.3, -0.25) is 4.79 Å². The smallest absolute Gasteiger partial charge is 0.211 e. The summed E-state index contributed by atoms with van der Waals surface area (Å²) < 4.78 is 55.0. The quantitative estimate of drug-likeness (QED) is 0.419. The van der Waals surface area contributed by atoms with E-state index in [2.05, 4.69) is 15.9 Å². The van der Waals surface area contributed by atoms with Crippen LogP contribution in [0.3, 0.4) is 0 Å². The lowest BCUT2D eigenvalue weighted by atomic mass is 9.87. The Morgan fingerprint density at radius 2 is 1.44 bits per heavy atom. The van der Waals surface area contributed by atoms with Crippen molar-refractivity contribution in [1.82, 2.24) is 4.40 Å². The van der Waals surface area contributed by atoms with E-state index in [0.717, 1.165) is 10.0 Å². The molecule has 3 aromatic rings. The molecule has 172 valence electrons. The Morgan fingerprint density at radius 1 is 0.906 bits per heavy atom. The van der Waals surface area contributed by atoms with Crippen molar-refractivity contribution in [3.63, 3.8) is 0 Å². The SMILES string of the molecule is CCS(=O)(=O)c1c(S(=O)(=O)CC)c2cc(C(C)(C)C)ccn2c1C(=O)c1ccc(Br)cc1. The minimum absolute atomic E-state index is 0.156. The Kier molecular flexibility index (Phi) is 6.49. The lowest BCUT2D eigenvalue weighted by Crippen LogP contribution is -2.15. The lowest BCUT2D eigenvalue weighted by Gasteiger charge is -2.19. The Bertz CT molecular complexity index is 1410. The van der Waals surface area contributed by atoms with Crippen LogP contribution in [0.15, 0.2) is 56.9 Å². The van der Waals surface area contributed by atoms with Crippen LogP contribution >= 0.6 is 15.9 Å². The summed E-state index contributed by atoms with van der Waals surface area (Å²) in [4.78, 5) is 12.9. The van der Waals surface area contributed by atoms with Gasteiger partial charge in [-0.05, 0) is 47.4 Å². The van der Waals surface area contributed by atoms with Crippen molar-refractivity contribution in [2.45, 2.75) is 49.8 Å². The van der Waals surface area contributed by atoms with Crippen LogP contribution in [0.4, 0.5) is 0 Å². The first-order valence-corrected chi connectivity index (χ1v) is 14.3. The number of carbonyl (C=O) groups excluding carboxylic acids is 1. The molecule has 6 nitrogen and oxygen atoms in total. The molecule has 3 rings (SSSR count). The molecule has 2 heterocycles. The number of hydrogen-bond acceptors (Lipinski definition) is 5. The highest BCUT2D eigenvalue weighted by atomic mass is 79.9. The van der Waals surface area contributed by atoms with Gasteiger partial charge < -0.3 is 4.40 Å². The van der Waals surface area contributed by atoms with E-state index in [1.165, 1.54) is 18.2 Å². The molecule has 0 bridgehead atoms. The Morgan fingerprint density at radius 3 is 1.94 bits per heavy atom. The summed E-state index contributed by atoms with van der Waals surface area (Å²) in [6.07, 6.45) is 1.59. The number of ketones is 1. The van der Waals surface area contributed by atoms with Crippen LogP contribution in [0.1, 0.15) is 56.2 Å². The summed E-state index contributed by atoms with van der Waals surface area (Å²) in [6.45, 7) is 8.84. The van der Waals surface area contributed by atoms with E-state index < -0.39 is 30.4 Å². The van der Waals surface area contributed by atoms with Gasteiger partial charge in [0, 0.05) is 16.2 Å². The molecular weight excluding hydrogens is 514 g/mol. The highest BCUT2D eigenvalue weighted by Gasteiger charge is 2.37. The second kappa shape index (κ2) is 8.43. The molecule has 0 atom stereocenters. The molecule has 9 heteroatoms. The summed E-state index contributed by atoms with van der Waals surface area (Å²) in [5.74, 6) is -1.17. The fourth-order valence-electron chi connectivity index (χ4n) is 3.50. The summed E-state index contributed by atoms with van der Waals surface area (Å²) >= 11 is 3.32. The van der Waals surface area contributed by atoms with Gasteiger partial charge in [-0.15, -0.1) is 0 Å². The molecule has 0 radical (unpaired) electrons. The molecule has 0 spiro atoms. The van der Waals surface area contributed by atoms with Crippen LogP contribution < -0.4 is 0 Å². The van der Waals surface area contributed by atoms with Crippen molar-refractivity contribution < 1.29 is 21.6 Å². The Labute approximate surface area is 197 Å². The highest BCUT2D eigenvalue weighted by Crippen LogP contribution is 2.37. The van der Waals surface area contributed by atoms with E-state index in [1.54, 1.807) is 42.6 Å². The molecule has 0 saturated heterocycles. The van der Waals surface area contributed by atoms with Gasteiger partial charge in [0.05, 0.1) is 17.0 Å². The molecule has 0 aliphatic heterocycles. The van der Waals surface area contributed by atoms with Gasteiger partial charge in [0.15, 0.2) is 19.7 Å². The number of hydrogen-bond donors (Lipinski definition) is 0. The topological polar surface area (TPSA) is 89.8 Å². The Hall–Kier alpha value is -1.97. The largest absolute Gasteiger partial charge is 0.311 e. The summed E-state index contributed by atoms with van der Waals surface area (Å²) in [5.41, 5.74) is 0.834. The number of sulfone groups is 2. The zero-order valence-electron chi connectivity index (χ0n) is 18.6. The monoisotopic (exact) mass is 539 g/mol. The fraction of sp³-hybridized carbons (Fsp3) is 0.348. The predicted molar refractivity (Wildman–Crippen MR) is 129 cm³/mol. The van der Waals surface area contributed by atoms with E-state index in [9.17, 15) is 21.6 Å². The minimum atomic E-state index is -4.05. The second-order valence-electron chi connectivity index (χ2n) is 8.57. The highest BCUT2D eigenvalue weighted by molar-refractivity contribution is 9.10. The maximum atomic E-state index is 13.6. The van der Waals surface area contributed by atoms with Crippen molar-refractivity contribution >= 4 is 46.9 Å². The lowest BCUT2D eigenvalue weighted by molar-refractivity contribution is 0.103. The molecule has 32 heavy (non-hydrogen) atoms. The molecule has 0 amide bonds.